The molecule has 0 aromatic rings. The maximum Gasteiger partial charge on any atom is 0.330 e. The van der Waals surface area contributed by atoms with E-state index in [9.17, 15) is 9.59 Å². The number of rotatable bonds is 14. The quantitative estimate of drug-likeness (QED) is 0.212. The Morgan fingerprint density at radius 2 is 1.29 bits per heavy atom. The molecule has 0 aliphatic carbocycles. The van der Waals surface area contributed by atoms with Crippen LogP contribution in [0.15, 0.2) is 62.3 Å². The number of hydrogen-bond acceptors (Lipinski definition) is 4. The number of esters is 2. The average molecular weight is 389 g/mol. The van der Waals surface area contributed by atoms with Crippen LogP contribution in [-0.2, 0) is 19.1 Å². The predicted octanol–water partition coefficient (Wildman–Crippen LogP) is 5.87. The minimum Gasteiger partial charge on any atom is -0.456 e. The van der Waals surface area contributed by atoms with Crippen molar-refractivity contribution >= 4 is 11.9 Å². The largest absolute Gasteiger partial charge is 0.456 e. The molecule has 0 bridgehead atoms. The summed E-state index contributed by atoms with van der Waals surface area (Å²) < 4.78 is 10.6. The Hall–Kier alpha value is -2.36. The molecule has 0 saturated heterocycles. The van der Waals surface area contributed by atoms with Crippen LogP contribution >= 0.6 is 0 Å². The van der Waals surface area contributed by atoms with Crippen molar-refractivity contribution in [2.24, 2.45) is 5.92 Å². The smallest absolute Gasteiger partial charge is 0.330 e. The summed E-state index contributed by atoms with van der Waals surface area (Å²) in [6.45, 7) is 18.2. The molecular weight excluding hydrogens is 352 g/mol. The lowest BCUT2D eigenvalue weighted by Gasteiger charge is -2.22. The molecule has 0 aliphatic rings. The molecule has 0 aromatic carbocycles. The summed E-state index contributed by atoms with van der Waals surface area (Å²) in [7, 11) is 0. The summed E-state index contributed by atoms with van der Waals surface area (Å²) in [6.07, 6.45) is 16.8. The van der Waals surface area contributed by atoms with Gasteiger partial charge in [-0.25, -0.2) is 9.59 Å². The van der Waals surface area contributed by atoms with Gasteiger partial charge >= 0.3 is 11.9 Å². The maximum atomic E-state index is 11.3. The Morgan fingerprint density at radius 3 is 1.71 bits per heavy atom. The fraction of sp³-hybridized carbons (Fsp3) is 0.500. The Morgan fingerprint density at radius 1 is 0.821 bits per heavy atom. The highest BCUT2D eigenvalue weighted by Crippen LogP contribution is 2.19. The van der Waals surface area contributed by atoms with Crippen LogP contribution in [0.2, 0.25) is 0 Å². The third-order valence-electron chi connectivity index (χ3n) is 4.12. The standard InChI is InChI=1S/C24H36O4/c1-8-20(17-13-15-19-24(6,7)28-22(26)10-3)16-12-11-14-18-23(4,5)27-21(25)9-2/h8-11,13-15,20H,1-3,12,16-19H2,4-7H3/b14-11+,15-13-. The average Bonchev–Trinajstić information content (AvgIpc) is 2.61. The van der Waals surface area contributed by atoms with E-state index in [-0.39, 0.29) is 0 Å². The van der Waals surface area contributed by atoms with Gasteiger partial charge in [0.2, 0.25) is 0 Å². The van der Waals surface area contributed by atoms with Gasteiger partial charge in [-0.1, -0.05) is 43.5 Å². The monoisotopic (exact) mass is 388 g/mol. The maximum absolute atomic E-state index is 11.3. The van der Waals surface area contributed by atoms with Gasteiger partial charge in [0.05, 0.1) is 0 Å². The zero-order chi connectivity index (χ0) is 21.6. The molecule has 4 heteroatoms. The second-order valence-electron chi connectivity index (χ2n) is 7.93. The van der Waals surface area contributed by atoms with Gasteiger partial charge in [0.15, 0.2) is 0 Å². The zero-order valence-corrected chi connectivity index (χ0v) is 17.9. The van der Waals surface area contributed by atoms with Gasteiger partial charge < -0.3 is 9.47 Å². The number of carbonyl (C=O) groups is 2. The molecule has 156 valence electrons. The van der Waals surface area contributed by atoms with Crippen LogP contribution in [0.3, 0.4) is 0 Å². The van der Waals surface area contributed by atoms with Gasteiger partial charge in [0.1, 0.15) is 11.2 Å². The number of hydrogen-bond donors (Lipinski definition) is 0. The molecule has 0 spiro atoms. The van der Waals surface area contributed by atoms with Crippen molar-refractivity contribution in [3.63, 3.8) is 0 Å². The Bertz CT molecular complexity index is 594. The van der Waals surface area contributed by atoms with Crippen molar-refractivity contribution in [2.75, 3.05) is 0 Å². The third-order valence-corrected chi connectivity index (χ3v) is 4.12. The predicted molar refractivity (Wildman–Crippen MR) is 116 cm³/mol. The van der Waals surface area contributed by atoms with Crippen molar-refractivity contribution in [2.45, 2.75) is 71.0 Å². The lowest BCUT2D eigenvalue weighted by atomic mass is 9.97. The molecule has 0 aliphatic heterocycles. The molecule has 1 atom stereocenters. The number of carbonyl (C=O) groups excluding carboxylic acids is 2. The van der Waals surface area contributed by atoms with Crippen molar-refractivity contribution in [1.82, 2.24) is 0 Å². The van der Waals surface area contributed by atoms with Gasteiger partial charge in [-0.2, -0.15) is 0 Å². The number of ether oxygens (including phenoxy) is 2. The van der Waals surface area contributed by atoms with Gasteiger partial charge in [0.25, 0.3) is 0 Å². The molecule has 0 aromatic heterocycles. The Labute approximate surface area is 170 Å². The van der Waals surface area contributed by atoms with E-state index < -0.39 is 23.1 Å². The van der Waals surface area contributed by atoms with Gasteiger partial charge in [-0.15, -0.1) is 6.58 Å². The molecule has 0 saturated carbocycles. The van der Waals surface area contributed by atoms with E-state index in [0.29, 0.717) is 18.8 Å². The highest BCUT2D eigenvalue weighted by atomic mass is 16.6. The van der Waals surface area contributed by atoms with E-state index in [1.54, 1.807) is 0 Å². The highest BCUT2D eigenvalue weighted by Gasteiger charge is 2.20. The summed E-state index contributed by atoms with van der Waals surface area (Å²) in [5.74, 6) is -0.428. The molecule has 0 heterocycles. The Balaban J connectivity index is 4.26. The summed E-state index contributed by atoms with van der Waals surface area (Å²) >= 11 is 0. The fourth-order valence-electron chi connectivity index (χ4n) is 2.48. The Kier molecular flexibility index (Phi) is 11.8. The summed E-state index contributed by atoms with van der Waals surface area (Å²) in [4.78, 5) is 22.6. The molecule has 1 unspecified atom stereocenters. The van der Waals surface area contributed by atoms with E-state index in [0.717, 1.165) is 19.3 Å². The normalized spacial score (nSPS) is 13.3. The lowest BCUT2D eigenvalue weighted by molar-refractivity contribution is -0.150. The first-order valence-electron chi connectivity index (χ1n) is 9.68. The molecule has 0 rings (SSSR count). The van der Waals surface area contributed by atoms with E-state index >= 15 is 0 Å². The van der Waals surface area contributed by atoms with Crippen LogP contribution in [0.1, 0.15) is 59.8 Å². The van der Waals surface area contributed by atoms with Gasteiger partial charge in [0, 0.05) is 25.0 Å². The molecule has 28 heavy (non-hydrogen) atoms. The molecule has 4 nitrogen and oxygen atoms in total. The van der Waals surface area contributed by atoms with E-state index in [4.69, 9.17) is 9.47 Å². The molecule has 0 N–H and O–H groups in total. The van der Waals surface area contributed by atoms with Crippen molar-refractivity contribution in [3.05, 3.63) is 62.3 Å². The van der Waals surface area contributed by atoms with Crippen molar-refractivity contribution in [3.8, 4) is 0 Å². The molecule has 0 amide bonds. The van der Waals surface area contributed by atoms with Gasteiger partial charge in [-0.05, 0) is 52.9 Å². The first-order chi connectivity index (χ1) is 13.0. The number of allylic oxidation sites excluding steroid dienone is 3. The topological polar surface area (TPSA) is 52.6 Å². The lowest BCUT2D eigenvalue weighted by Crippen LogP contribution is -2.26. The van der Waals surface area contributed by atoms with E-state index in [1.807, 2.05) is 45.9 Å². The first kappa shape index (κ1) is 25.6. The molecular formula is C24H36O4. The third kappa shape index (κ3) is 12.9. The van der Waals surface area contributed by atoms with Crippen LogP contribution in [0.5, 0.6) is 0 Å². The zero-order valence-electron chi connectivity index (χ0n) is 17.9. The summed E-state index contributed by atoms with van der Waals surface area (Å²) in [5.41, 5.74) is -1.08. The van der Waals surface area contributed by atoms with Crippen LogP contribution in [0.25, 0.3) is 0 Å². The SMILES string of the molecule is C=CC(=O)OC(C)(C)C/C=C\CC(C=C)CC/C=C/CC(C)(C)OC(=O)C=C. The van der Waals surface area contributed by atoms with Crippen molar-refractivity contribution < 1.29 is 19.1 Å². The van der Waals surface area contributed by atoms with E-state index in [1.165, 1.54) is 12.2 Å². The van der Waals surface area contributed by atoms with Crippen LogP contribution < -0.4 is 0 Å². The minimum atomic E-state index is -0.546. The van der Waals surface area contributed by atoms with E-state index in [2.05, 4.69) is 31.9 Å². The highest BCUT2D eigenvalue weighted by molar-refractivity contribution is 5.81. The van der Waals surface area contributed by atoms with Crippen LogP contribution in [0, 0.1) is 5.92 Å². The molecule has 0 radical (unpaired) electrons. The summed E-state index contributed by atoms with van der Waals surface area (Å²) in [6, 6.07) is 0. The minimum absolute atomic E-state index is 0.381. The second-order valence-corrected chi connectivity index (χ2v) is 7.93. The first-order valence-corrected chi connectivity index (χ1v) is 9.68. The van der Waals surface area contributed by atoms with Crippen molar-refractivity contribution in [1.29, 1.82) is 0 Å². The van der Waals surface area contributed by atoms with Crippen LogP contribution in [-0.4, -0.2) is 23.1 Å². The summed E-state index contributed by atoms with van der Waals surface area (Å²) in [5, 5.41) is 0. The fourth-order valence-corrected chi connectivity index (χ4v) is 2.48. The second kappa shape index (κ2) is 12.9. The van der Waals surface area contributed by atoms with Gasteiger partial charge in [-0.3, -0.25) is 0 Å². The van der Waals surface area contributed by atoms with Crippen LogP contribution in [0.4, 0.5) is 0 Å². The molecule has 0 fully saturated rings.